The zero-order valence-electron chi connectivity index (χ0n) is 16.3. The Morgan fingerprint density at radius 3 is 2.46 bits per heavy atom. The van der Waals surface area contributed by atoms with Crippen molar-refractivity contribution < 1.29 is 4.79 Å². The van der Waals surface area contributed by atoms with Crippen LogP contribution >= 0.6 is 23.2 Å². The van der Waals surface area contributed by atoms with Gasteiger partial charge in [-0.25, -0.2) is 0 Å². The number of carbonyl (C=O) groups excluding carboxylic acids is 1. The topological polar surface area (TPSA) is 32.3 Å². The largest absolute Gasteiger partial charge is 0.353 e. The van der Waals surface area contributed by atoms with E-state index in [0.717, 1.165) is 50.9 Å². The van der Waals surface area contributed by atoms with Crippen molar-refractivity contribution >= 4 is 29.1 Å². The van der Waals surface area contributed by atoms with Gasteiger partial charge in [0.2, 0.25) is 5.91 Å². The summed E-state index contributed by atoms with van der Waals surface area (Å²) in [5, 5.41) is 4.39. The van der Waals surface area contributed by atoms with Gasteiger partial charge in [-0.3, -0.25) is 9.69 Å². The number of likely N-dealkylation sites (tertiary alicyclic amines) is 1. The molecule has 0 radical (unpaired) electrons. The average molecular weight is 419 g/mol. The Morgan fingerprint density at radius 1 is 1.07 bits per heavy atom. The van der Waals surface area contributed by atoms with E-state index in [1.807, 2.05) is 24.3 Å². The lowest BCUT2D eigenvalue weighted by atomic mass is 9.95. The molecule has 2 aromatic rings. The van der Waals surface area contributed by atoms with E-state index >= 15 is 0 Å². The van der Waals surface area contributed by atoms with Gasteiger partial charge in [0.15, 0.2) is 0 Å². The second-order valence-electron chi connectivity index (χ2n) is 7.73. The van der Waals surface area contributed by atoms with E-state index in [-0.39, 0.29) is 17.9 Å². The van der Waals surface area contributed by atoms with E-state index in [0.29, 0.717) is 10.0 Å². The molecule has 1 amide bonds. The Labute approximate surface area is 178 Å². The van der Waals surface area contributed by atoms with Crippen LogP contribution in [0.4, 0.5) is 0 Å². The Balaban J connectivity index is 1.40. The van der Waals surface area contributed by atoms with E-state index in [1.165, 1.54) is 5.56 Å². The lowest BCUT2D eigenvalue weighted by Gasteiger charge is -2.32. The first kappa shape index (κ1) is 21.2. The minimum Gasteiger partial charge on any atom is -0.353 e. The maximum absolute atomic E-state index is 12.6. The molecule has 1 saturated heterocycles. The zero-order chi connectivity index (χ0) is 19.9. The van der Waals surface area contributed by atoms with Crippen molar-refractivity contribution in [3.05, 3.63) is 69.7 Å². The molecule has 0 bridgehead atoms. The second kappa shape index (κ2) is 10.3. The fourth-order valence-corrected chi connectivity index (χ4v) is 4.03. The molecule has 1 aliphatic heterocycles. The van der Waals surface area contributed by atoms with Gasteiger partial charge >= 0.3 is 0 Å². The predicted molar refractivity (Wildman–Crippen MR) is 117 cm³/mol. The number of carbonyl (C=O) groups is 1. The van der Waals surface area contributed by atoms with E-state index in [1.54, 1.807) is 0 Å². The third kappa shape index (κ3) is 6.23. The van der Waals surface area contributed by atoms with Crippen LogP contribution in [0.5, 0.6) is 0 Å². The lowest BCUT2D eigenvalue weighted by Crippen LogP contribution is -2.43. The fraction of sp³-hybridized carbons (Fsp3) is 0.435. The van der Waals surface area contributed by atoms with Gasteiger partial charge in [-0.05, 0) is 69.0 Å². The summed E-state index contributed by atoms with van der Waals surface area (Å²) in [6, 6.07) is 16.4. The van der Waals surface area contributed by atoms with Crippen LogP contribution in [0.25, 0.3) is 0 Å². The summed E-state index contributed by atoms with van der Waals surface area (Å²) in [4.78, 5) is 15.0. The molecule has 1 heterocycles. The van der Waals surface area contributed by atoms with Crippen LogP contribution in [0.3, 0.4) is 0 Å². The summed E-state index contributed by atoms with van der Waals surface area (Å²) in [5.41, 5.74) is 2.48. The van der Waals surface area contributed by atoms with Crippen molar-refractivity contribution in [3.63, 3.8) is 0 Å². The lowest BCUT2D eigenvalue weighted by molar-refractivity contribution is -0.127. The van der Waals surface area contributed by atoms with E-state index in [4.69, 9.17) is 23.2 Å². The summed E-state index contributed by atoms with van der Waals surface area (Å²) in [7, 11) is 0. The normalized spacial score (nSPS) is 16.7. The first-order valence-electron chi connectivity index (χ1n) is 10.0. The van der Waals surface area contributed by atoms with Gasteiger partial charge in [0.25, 0.3) is 0 Å². The number of hydrogen-bond donors (Lipinski definition) is 1. The maximum Gasteiger partial charge on any atom is 0.223 e. The molecule has 0 spiro atoms. The monoisotopic (exact) mass is 418 g/mol. The number of piperidine rings is 1. The Bertz CT molecular complexity index is 773. The molecule has 0 aliphatic carbocycles. The van der Waals surface area contributed by atoms with Crippen LogP contribution in [-0.2, 0) is 17.8 Å². The minimum absolute atomic E-state index is 0.115. The molecule has 1 N–H and O–H groups in total. The fourth-order valence-electron chi connectivity index (χ4n) is 3.71. The summed E-state index contributed by atoms with van der Waals surface area (Å²) in [5.74, 6) is 0.319. The highest BCUT2D eigenvalue weighted by Crippen LogP contribution is 2.25. The van der Waals surface area contributed by atoms with Crippen molar-refractivity contribution in [3.8, 4) is 0 Å². The summed E-state index contributed by atoms with van der Waals surface area (Å²) < 4.78 is 0. The molecule has 1 atom stereocenters. The number of halogens is 2. The highest BCUT2D eigenvalue weighted by Gasteiger charge is 2.25. The first-order valence-corrected chi connectivity index (χ1v) is 10.8. The van der Waals surface area contributed by atoms with Crippen LogP contribution in [0.15, 0.2) is 48.5 Å². The van der Waals surface area contributed by atoms with Crippen LogP contribution < -0.4 is 5.32 Å². The molecule has 5 heteroatoms. The minimum atomic E-state index is 0.115. The third-order valence-electron chi connectivity index (χ3n) is 5.45. The van der Waals surface area contributed by atoms with Gasteiger partial charge < -0.3 is 5.32 Å². The van der Waals surface area contributed by atoms with Crippen LogP contribution in [-0.4, -0.2) is 29.9 Å². The highest BCUT2D eigenvalue weighted by atomic mass is 35.5. The number of nitrogens with one attached hydrogen (secondary N) is 1. The molecule has 0 aromatic heterocycles. The Kier molecular flexibility index (Phi) is 7.78. The number of hydrogen-bond acceptors (Lipinski definition) is 2. The Hall–Kier alpha value is -1.55. The van der Waals surface area contributed by atoms with Crippen LogP contribution in [0, 0.1) is 5.92 Å². The van der Waals surface area contributed by atoms with Crippen molar-refractivity contribution in [2.24, 2.45) is 5.92 Å². The van der Waals surface area contributed by atoms with Crippen molar-refractivity contribution in [1.29, 1.82) is 0 Å². The molecule has 1 fully saturated rings. The van der Waals surface area contributed by atoms with Crippen LogP contribution in [0.2, 0.25) is 10.0 Å². The van der Waals surface area contributed by atoms with Gasteiger partial charge in [0.05, 0.1) is 10.0 Å². The SMILES string of the molecule is C[C@@H](CCc1ccccc1)NC(=O)C1CCN(Cc2ccc(Cl)c(Cl)c2)CC1. The molecule has 3 nitrogen and oxygen atoms in total. The molecule has 1 aliphatic rings. The number of benzene rings is 2. The quantitative estimate of drug-likeness (QED) is 0.657. The molecule has 28 heavy (non-hydrogen) atoms. The molecule has 0 unspecified atom stereocenters. The number of nitrogens with zero attached hydrogens (tertiary/aromatic N) is 1. The molecule has 3 rings (SSSR count). The van der Waals surface area contributed by atoms with Gasteiger partial charge in [0.1, 0.15) is 0 Å². The van der Waals surface area contributed by atoms with E-state index in [9.17, 15) is 4.79 Å². The molecule has 2 aromatic carbocycles. The standard InChI is InChI=1S/C23H28Cl2N2O/c1-17(7-8-18-5-3-2-4-6-18)26-23(28)20-11-13-27(14-12-20)16-19-9-10-21(24)22(25)15-19/h2-6,9-10,15,17,20H,7-8,11-14,16H2,1H3,(H,26,28)/t17-/m0/s1. The first-order chi connectivity index (χ1) is 13.5. The van der Waals surface area contributed by atoms with E-state index < -0.39 is 0 Å². The summed E-state index contributed by atoms with van der Waals surface area (Å²) >= 11 is 12.1. The molecular formula is C23H28Cl2N2O. The van der Waals surface area contributed by atoms with Gasteiger partial charge in [-0.1, -0.05) is 59.6 Å². The molecule has 150 valence electrons. The molecular weight excluding hydrogens is 391 g/mol. The third-order valence-corrected chi connectivity index (χ3v) is 6.19. The van der Waals surface area contributed by atoms with Crippen molar-refractivity contribution in [1.82, 2.24) is 10.2 Å². The maximum atomic E-state index is 12.6. The number of rotatable bonds is 7. The number of amides is 1. The zero-order valence-corrected chi connectivity index (χ0v) is 17.8. The predicted octanol–water partition coefficient (Wildman–Crippen LogP) is 5.34. The van der Waals surface area contributed by atoms with Gasteiger partial charge in [0, 0.05) is 18.5 Å². The van der Waals surface area contributed by atoms with E-state index in [2.05, 4.69) is 41.4 Å². The van der Waals surface area contributed by atoms with Crippen molar-refractivity contribution in [2.75, 3.05) is 13.1 Å². The van der Waals surface area contributed by atoms with Crippen LogP contribution in [0.1, 0.15) is 37.3 Å². The highest BCUT2D eigenvalue weighted by molar-refractivity contribution is 6.42. The van der Waals surface area contributed by atoms with Crippen molar-refractivity contribution in [2.45, 2.75) is 45.2 Å². The average Bonchev–Trinajstić information content (AvgIpc) is 2.70. The Morgan fingerprint density at radius 2 is 1.79 bits per heavy atom. The second-order valence-corrected chi connectivity index (χ2v) is 8.55. The van der Waals surface area contributed by atoms with Gasteiger partial charge in [-0.15, -0.1) is 0 Å². The van der Waals surface area contributed by atoms with Gasteiger partial charge in [-0.2, -0.15) is 0 Å². The smallest absolute Gasteiger partial charge is 0.223 e. The summed E-state index contributed by atoms with van der Waals surface area (Å²) in [6.45, 7) is 4.80. The summed E-state index contributed by atoms with van der Waals surface area (Å²) in [6.07, 6.45) is 3.76. The molecule has 0 saturated carbocycles. The number of aryl methyl sites for hydroxylation is 1.